The topological polar surface area (TPSA) is 158 Å². The molecule has 24 heavy (non-hydrogen) atoms. The molecule has 0 bridgehead atoms. The van der Waals surface area contributed by atoms with Gasteiger partial charge < -0.3 is 49.6 Å². The quantitative estimate of drug-likeness (QED) is 0.179. The van der Waals surface area contributed by atoms with E-state index in [0.29, 0.717) is 0 Å². The summed E-state index contributed by atoms with van der Waals surface area (Å²) < 4.78 is 20.8. The molecular formula is C13H23IO10. The van der Waals surface area contributed by atoms with Gasteiger partial charge in [0.05, 0.1) is 23.2 Å². The van der Waals surface area contributed by atoms with E-state index in [2.05, 4.69) is 0 Å². The molecule has 6 N–H and O–H groups in total. The van der Waals surface area contributed by atoms with Crippen molar-refractivity contribution in [3.63, 3.8) is 0 Å². The van der Waals surface area contributed by atoms with Crippen molar-refractivity contribution < 1.29 is 49.6 Å². The first-order valence-electron chi connectivity index (χ1n) is 7.42. The molecule has 0 aromatic heterocycles. The molecule has 2 aliphatic heterocycles. The highest BCUT2D eigenvalue weighted by atomic mass is 127. The Morgan fingerprint density at radius 2 is 1.42 bits per heavy atom. The van der Waals surface area contributed by atoms with E-state index in [4.69, 9.17) is 18.9 Å². The Balaban J connectivity index is 2.12. The van der Waals surface area contributed by atoms with Crippen LogP contribution in [0, 0.1) is 0 Å². The molecule has 142 valence electrons. The van der Waals surface area contributed by atoms with E-state index in [1.165, 1.54) is 7.11 Å². The fourth-order valence-corrected chi connectivity index (χ4v) is 3.59. The van der Waals surface area contributed by atoms with E-state index in [1.54, 1.807) is 0 Å². The molecule has 0 saturated carbocycles. The first-order valence-corrected chi connectivity index (χ1v) is 8.67. The van der Waals surface area contributed by atoms with Crippen molar-refractivity contribution in [3.8, 4) is 0 Å². The minimum atomic E-state index is -1.61. The predicted octanol–water partition coefficient (Wildman–Crippen LogP) is -3.30. The monoisotopic (exact) mass is 466 g/mol. The molecule has 0 aromatic rings. The number of aliphatic hydroxyl groups excluding tert-OH is 6. The van der Waals surface area contributed by atoms with Crippen LogP contribution >= 0.6 is 22.6 Å². The average Bonchev–Trinajstić information content (AvgIpc) is 2.59. The van der Waals surface area contributed by atoms with E-state index >= 15 is 0 Å². The number of ether oxygens (including phenoxy) is 4. The van der Waals surface area contributed by atoms with Crippen LogP contribution < -0.4 is 0 Å². The summed E-state index contributed by atoms with van der Waals surface area (Å²) in [4.78, 5) is 0. The Hall–Kier alpha value is 0.330. The molecule has 10 atom stereocenters. The van der Waals surface area contributed by atoms with Gasteiger partial charge in [-0.2, -0.15) is 0 Å². The Morgan fingerprint density at radius 1 is 0.833 bits per heavy atom. The summed E-state index contributed by atoms with van der Waals surface area (Å²) in [6.45, 7) is -1.08. The standard InChI is InChI=1S/C13H23IO10/c1-21-12-6(14)8(18)11(5(3-16)23-12)24-13-10(20)9(19)7(17)4(2-15)22-13/h4-13,15-20H,2-3H2,1H3. The summed E-state index contributed by atoms with van der Waals surface area (Å²) in [5.41, 5.74) is 0. The van der Waals surface area contributed by atoms with Gasteiger partial charge in [0.2, 0.25) is 0 Å². The van der Waals surface area contributed by atoms with Gasteiger partial charge in [-0.25, -0.2) is 0 Å². The van der Waals surface area contributed by atoms with Crippen molar-refractivity contribution in [2.75, 3.05) is 20.3 Å². The Morgan fingerprint density at radius 3 is 1.96 bits per heavy atom. The van der Waals surface area contributed by atoms with E-state index < -0.39 is 72.4 Å². The third kappa shape index (κ3) is 4.01. The minimum absolute atomic E-state index is 0.484. The molecule has 0 spiro atoms. The van der Waals surface area contributed by atoms with Gasteiger partial charge in [-0.3, -0.25) is 0 Å². The summed E-state index contributed by atoms with van der Waals surface area (Å²) in [7, 11) is 1.40. The smallest absolute Gasteiger partial charge is 0.187 e. The lowest BCUT2D eigenvalue weighted by atomic mass is 9.98. The van der Waals surface area contributed by atoms with Crippen LogP contribution in [0.3, 0.4) is 0 Å². The number of hydrogen-bond acceptors (Lipinski definition) is 10. The lowest BCUT2D eigenvalue weighted by Gasteiger charge is -2.45. The summed E-state index contributed by atoms with van der Waals surface area (Å²) in [6.07, 6.45) is -11.2. The molecule has 0 aliphatic carbocycles. The van der Waals surface area contributed by atoms with Gasteiger partial charge in [-0.05, 0) is 0 Å². The maximum atomic E-state index is 10.4. The molecular weight excluding hydrogens is 443 g/mol. The number of halogens is 1. The van der Waals surface area contributed by atoms with Crippen molar-refractivity contribution in [1.29, 1.82) is 0 Å². The maximum absolute atomic E-state index is 10.4. The van der Waals surface area contributed by atoms with Gasteiger partial charge >= 0.3 is 0 Å². The van der Waals surface area contributed by atoms with Gasteiger partial charge in [0.1, 0.15) is 36.6 Å². The van der Waals surface area contributed by atoms with Crippen molar-refractivity contribution in [2.45, 2.75) is 59.2 Å². The van der Waals surface area contributed by atoms with Gasteiger partial charge in [0, 0.05) is 7.11 Å². The van der Waals surface area contributed by atoms with E-state index in [0.717, 1.165) is 0 Å². The molecule has 2 aliphatic rings. The van der Waals surface area contributed by atoms with Crippen LogP contribution in [0.2, 0.25) is 0 Å². The summed E-state index contributed by atoms with van der Waals surface area (Å²) in [5, 5.41) is 58.6. The summed E-state index contributed by atoms with van der Waals surface area (Å²) in [5.74, 6) is 0. The molecule has 11 heteroatoms. The first kappa shape index (κ1) is 20.6. The largest absolute Gasteiger partial charge is 0.394 e. The highest BCUT2D eigenvalue weighted by Gasteiger charge is 2.50. The SMILES string of the molecule is COC1OC(CO)C(OC2OC(CO)C(O)C(O)C2O)C(O)C1I. The van der Waals surface area contributed by atoms with Crippen LogP contribution in [0.5, 0.6) is 0 Å². The normalized spacial score (nSPS) is 50.0. The van der Waals surface area contributed by atoms with E-state index in [1.807, 2.05) is 22.6 Å². The van der Waals surface area contributed by atoms with Gasteiger partial charge in [0.25, 0.3) is 0 Å². The predicted molar refractivity (Wildman–Crippen MR) is 85.2 cm³/mol. The van der Waals surface area contributed by atoms with Crippen LogP contribution in [-0.2, 0) is 18.9 Å². The second-order valence-electron chi connectivity index (χ2n) is 5.69. The van der Waals surface area contributed by atoms with Crippen molar-refractivity contribution >= 4 is 22.6 Å². The number of rotatable bonds is 5. The maximum Gasteiger partial charge on any atom is 0.187 e. The minimum Gasteiger partial charge on any atom is -0.394 e. The number of hydrogen-bond donors (Lipinski definition) is 6. The Bertz CT molecular complexity index is 397. The lowest BCUT2D eigenvalue weighted by Crippen LogP contribution is -2.63. The number of aliphatic hydroxyl groups is 6. The summed E-state index contributed by atoms with van der Waals surface area (Å²) in [6, 6.07) is 0. The number of alkyl halides is 1. The molecule has 10 nitrogen and oxygen atoms in total. The van der Waals surface area contributed by atoms with Gasteiger partial charge in [0.15, 0.2) is 12.6 Å². The molecule has 0 aromatic carbocycles. The second kappa shape index (κ2) is 8.81. The van der Waals surface area contributed by atoms with Crippen LogP contribution in [0.25, 0.3) is 0 Å². The van der Waals surface area contributed by atoms with E-state index in [-0.39, 0.29) is 0 Å². The van der Waals surface area contributed by atoms with Crippen LogP contribution in [-0.4, -0.2) is 110 Å². The Kier molecular flexibility index (Phi) is 7.58. The van der Waals surface area contributed by atoms with Crippen molar-refractivity contribution in [2.24, 2.45) is 0 Å². The third-order valence-electron chi connectivity index (χ3n) is 4.15. The highest BCUT2D eigenvalue weighted by molar-refractivity contribution is 14.1. The zero-order valence-electron chi connectivity index (χ0n) is 12.9. The zero-order valence-corrected chi connectivity index (χ0v) is 15.0. The fourth-order valence-electron chi connectivity index (χ4n) is 2.72. The van der Waals surface area contributed by atoms with Crippen LogP contribution in [0.15, 0.2) is 0 Å². The molecule has 0 radical (unpaired) electrons. The average molecular weight is 466 g/mol. The molecule has 10 unspecified atom stereocenters. The van der Waals surface area contributed by atoms with Crippen LogP contribution in [0.4, 0.5) is 0 Å². The molecule has 2 heterocycles. The number of methoxy groups -OCH3 is 1. The van der Waals surface area contributed by atoms with Crippen molar-refractivity contribution in [3.05, 3.63) is 0 Å². The van der Waals surface area contributed by atoms with Crippen molar-refractivity contribution in [1.82, 2.24) is 0 Å². The van der Waals surface area contributed by atoms with Gasteiger partial charge in [-0.15, -0.1) is 0 Å². The lowest BCUT2D eigenvalue weighted by molar-refractivity contribution is -0.341. The molecule has 2 rings (SSSR count). The summed E-state index contributed by atoms with van der Waals surface area (Å²) >= 11 is 1.91. The van der Waals surface area contributed by atoms with E-state index in [9.17, 15) is 30.6 Å². The first-order chi connectivity index (χ1) is 11.3. The third-order valence-corrected chi connectivity index (χ3v) is 5.47. The van der Waals surface area contributed by atoms with Gasteiger partial charge in [-0.1, -0.05) is 22.6 Å². The second-order valence-corrected chi connectivity index (χ2v) is 7.13. The molecule has 2 saturated heterocycles. The molecule has 2 fully saturated rings. The Labute approximate surface area is 152 Å². The van der Waals surface area contributed by atoms with Crippen LogP contribution in [0.1, 0.15) is 0 Å². The fraction of sp³-hybridized carbons (Fsp3) is 1.00. The highest BCUT2D eigenvalue weighted by Crippen LogP contribution is 2.32. The molecule has 0 amide bonds. The zero-order chi connectivity index (χ0) is 18.0.